The molecule has 0 bridgehead atoms. The van der Waals surface area contributed by atoms with E-state index in [1.807, 2.05) is 24.3 Å². The van der Waals surface area contributed by atoms with E-state index in [0.717, 1.165) is 33.2 Å². The first kappa shape index (κ1) is 32.9. The Kier molecular flexibility index (Phi) is 9.58. The Bertz CT molecular complexity index is 1760. The van der Waals surface area contributed by atoms with Gasteiger partial charge < -0.3 is 30.7 Å². The summed E-state index contributed by atoms with van der Waals surface area (Å²) in [6.07, 6.45) is 0.932. The maximum absolute atomic E-state index is 13.1. The molecular formula is C36H40N6O6. The van der Waals surface area contributed by atoms with Crippen LogP contribution in [-0.2, 0) is 12.0 Å². The summed E-state index contributed by atoms with van der Waals surface area (Å²) in [5.74, 6) is 0.864. The highest BCUT2D eigenvalue weighted by atomic mass is 16.5. The Morgan fingerprint density at radius 3 is 2.25 bits per heavy atom. The molecule has 1 fully saturated rings. The molecule has 2 amide bonds. The minimum absolute atomic E-state index is 0.222. The van der Waals surface area contributed by atoms with E-state index in [-0.39, 0.29) is 11.4 Å². The monoisotopic (exact) mass is 652 g/mol. The van der Waals surface area contributed by atoms with Crippen LogP contribution in [0.2, 0.25) is 0 Å². The van der Waals surface area contributed by atoms with Gasteiger partial charge in [0.05, 0.1) is 29.5 Å². The van der Waals surface area contributed by atoms with Crippen LogP contribution < -0.4 is 25.8 Å². The second-order valence-electron chi connectivity index (χ2n) is 12.5. The molecule has 3 heterocycles. The number of imide groups is 1. The minimum atomic E-state index is -1.18. The smallest absolute Gasteiger partial charge is 0.262 e. The molecule has 3 unspecified atom stereocenters. The van der Waals surface area contributed by atoms with Crippen molar-refractivity contribution in [3.63, 3.8) is 0 Å². The molecule has 0 radical (unpaired) electrons. The van der Waals surface area contributed by atoms with Crippen molar-refractivity contribution in [2.45, 2.75) is 63.6 Å². The van der Waals surface area contributed by atoms with Crippen molar-refractivity contribution in [1.29, 1.82) is 0 Å². The molecule has 250 valence electrons. The van der Waals surface area contributed by atoms with Crippen molar-refractivity contribution in [3.05, 3.63) is 107 Å². The summed E-state index contributed by atoms with van der Waals surface area (Å²) in [6, 6.07) is 22.3. The van der Waals surface area contributed by atoms with Gasteiger partial charge in [0, 0.05) is 23.8 Å². The van der Waals surface area contributed by atoms with Gasteiger partial charge >= 0.3 is 0 Å². The molecule has 2 aliphatic rings. The lowest BCUT2D eigenvalue weighted by Gasteiger charge is -2.36. The molecule has 0 spiro atoms. The summed E-state index contributed by atoms with van der Waals surface area (Å²) in [4.78, 5) is 35.2. The molecule has 12 nitrogen and oxygen atoms in total. The fourth-order valence-corrected chi connectivity index (χ4v) is 6.07. The third-order valence-electron chi connectivity index (χ3n) is 8.90. The Morgan fingerprint density at radius 1 is 0.917 bits per heavy atom. The second kappa shape index (κ2) is 14.0. The first-order chi connectivity index (χ1) is 23.1. The van der Waals surface area contributed by atoms with E-state index in [9.17, 15) is 19.8 Å². The van der Waals surface area contributed by atoms with Crippen molar-refractivity contribution >= 4 is 23.5 Å². The van der Waals surface area contributed by atoms with Crippen LogP contribution in [0.25, 0.3) is 0 Å². The molecule has 3 aromatic carbocycles. The molecule has 0 aliphatic carbocycles. The van der Waals surface area contributed by atoms with E-state index in [1.165, 1.54) is 0 Å². The van der Waals surface area contributed by atoms with E-state index in [1.54, 1.807) is 30.5 Å². The number of nitrogens with two attached hydrogens (primary N) is 1. The Morgan fingerprint density at radius 2 is 1.58 bits per heavy atom. The van der Waals surface area contributed by atoms with Crippen molar-refractivity contribution in [2.24, 2.45) is 0 Å². The molecule has 48 heavy (non-hydrogen) atoms. The van der Waals surface area contributed by atoms with Crippen LogP contribution in [0.3, 0.4) is 0 Å². The third-order valence-corrected chi connectivity index (χ3v) is 8.90. The number of anilines is 2. The Labute approximate surface area is 278 Å². The predicted molar refractivity (Wildman–Crippen MR) is 180 cm³/mol. The average Bonchev–Trinajstić information content (AvgIpc) is 3.32. The van der Waals surface area contributed by atoms with Crippen LogP contribution in [0.5, 0.6) is 11.5 Å². The van der Waals surface area contributed by atoms with E-state index >= 15 is 0 Å². The molecular weight excluding hydrogens is 612 g/mol. The molecule has 3 atom stereocenters. The number of aliphatic hydroxyl groups excluding tert-OH is 2. The van der Waals surface area contributed by atoms with Gasteiger partial charge in [-0.25, -0.2) is 9.97 Å². The predicted octanol–water partition coefficient (Wildman–Crippen LogP) is 3.83. The van der Waals surface area contributed by atoms with Crippen LogP contribution in [0, 0.1) is 0 Å². The number of benzene rings is 3. The number of nitrogen functional groups attached to an aromatic ring is 1. The van der Waals surface area contributed by atoms with Gasteiger partial charge in [0.15, 0.2) is 0 Å². The standard InChI is InChI=1S/C36H40N6O6/c1-36(2,23-6-11-27(12-7-23)48-21-25-16-18-39-35(37)40-25)22-4-9-26(10-5-22)47-19-3-17-38-24-8-13-28-29(20-24)34(46)42(33(28)45)30-14-15-31(43)41-32(30)44/h4-13,16,18,20,30-32,38,41,43-44H,3,14-15,17,19,21H2,1-2H3,(H2,37,39,40). The number of aliphatic hydroxyl groups is 2. The number of amides is 2. The molecule has 0 saturated carbocycles. The number of rotatable bonds is 12. The summed E-state index contributed by atoms with van der Waals surface area (Å²) >= 11 is 0. The van der Waals surface area contributed by atoms with Crippen molar-refractivity contribution in [3.8, 4) is 11.5 Å². The van der Waals surface area contributed by atoms with E-state index in [0.29, 0.717) is 55.8 Å². The van der Waals surface area contributed by atoms with Crippen LogP contribution in [-0.4, -0.2) is 68.5 Å². The van der Waals surface area contributed by atoms with Gasteiger partial charge in [0.1, 0.15) is 30.6 Å². The lowest BCUT2D eigenvalue weighted by molar-refractivity contribution is -0.0413. The average molecular weight is 653 g/mol. The number of fused-ring (bicyclic) bond motifs is 1. The SMILES string of the molecule is CC(C)(c1ccc(OCCCNc2ccc3c(c2)C(=O)N(C2CCC(O)NC2O)C3=O)cc1)c1ccc(OCc2ccnc(N)n2)cc1. The van der Waals surface area contributed by atoms with Crippen LogP contribution in [0.15, 0.2) is 79.0 Å². The van der Waals surface area contributed by atoms with Crippen molar-refractivity contribution < 1.29 is 29.3 Å². The number of nitrogens with zero attached hydrogens (tertiary/aromatic N) is 3. The van der Waals surface area contributed by atoms with Crippen LogP contribution >= 0.6 is 0 Å². The number of hydrogen-bond donors (Lipinski definition) is 5. The normalized spacial score (nSPS) is 19.2. The maximum Gasteiger partial charge on any atom is 0.262 e. The van der Waals surface area contributed by atoms with Crippen molar-refractivity contribution in [2.75, 3.05) is 24.2 Å². The van der Waals surface area contributed by atoms with E-state index in [2.05, 4.69) is 58.7 Å². The quantitative estimate of drug-likeness (QED) is 0.111. The first-order valence-electron chi connectivity index (χ1n) is 16.0. The molecule has 1 aromatic heterocycles. The highest BCUT2D eigenvalue weighted by molar-refractivity contribution is 6.22. The fourth-order valence-electron chi connectivity index (χ4n) is 6.07. The molecule has 6 rings (SSSR count). The van der Waals surface area contributed by atoms with Gasteiger partial charge in [-0.2, -0.15) is 0 Å². The third kappa shape index (κ3) is 7.10. The Balaban J connectivity index is 0.963. The number of carbonyl (C=O) groups is 2. The van der Waals surface area contributed by atoms with Gasteiger partial charge in [0.25, 0.3) is 11.8 Å². The zero-order valence-electron chi connectivity index (χ0n) is 26.9. The zero-order chi connectivity index (χ0) is 33.8. The number of piperidine rings is 1. The number of ether oxygens (including phenoxy) is 2. The van der Waals surface area contributed by atoms with Crippen LogP contribution in [0.1, 0.15) is 70.6 Å². The van der Waals surface area contributed by atoms with Crippen molar-refractivity contribution in [1.82, 2.24) is 20.2 Å². The van der Waals surface area contributed by atoms with Gasteiger partial charge in [-0.05, 0) is 78.9 Å². The maximum atomic E-state index is 13.1. The topological polar surface area (TPSA) is 172 Å². The number of hydrogen-bond acceptors (Lipinski definition) is 11. The highest BCUT2D eigenvalue weighted by Crippen LogP contribution is 2.34. The minimum Gasteiger partial charge on any atom is -0.494 e. The van der Waals surface area contributed by atoms with Gasteiger partial charge in [-0.15, -0.1) is 0 Å². The molecule has 12 heteroatoms. The summed E-state index contributed by atoms with van der Waals surface area (Å²) in [6.45, 7) is 5.76. The molecule has 1 saturated heterocycles. The number of aromatic nitrogens is 2. The highest BCUT2D eigenvalue weighted by Gasteiger charge is 2.44. The summed E-state index contributed by atoms with van der Waals surface area (Å²) in [5, 5.41) is 25.9. The summed E-state index contributed by atoms with van der Waals surface area (Å²) in [5.41, 5.74) is 9.75. The van der Waals surface area contributed by atoms with Gasteiger partial charge in [-0.1, -0.05) is 38.1 Å². The van der Waals surface area contributed by atoms with Gasteiger partial charge in [0.2, 0.25) is 5.95 Å². The lowest BCUT2D eigenvalue weighted by Crippen LogP contribution is -2.58. The summed E-state index contributed by atoms with van der Waals surface area (Å²) < 4.78 is 11.8. The molecule has 6 N–H and O–H groups in total. The second-order valence-corrected chi connectivity index (χ2v) is 12.5. The zero-order valence-corrected chi connectivity index (χ0v) is 26.9. The van der Waals surface area contributed by atoms with Gasteiger partial charge in [-0.3, -0.25) is 19.8 Å². The number of nitrogens with one attached hydrogen (secondary N) is 2. The molecule has 4 aromatic rings. The van der Waals surface area contributed by atoms with E-state index < -0.39 is 30.3 Å². The first-order valence-corrected chi connectivity index (χ1v) is 16.0. The molecule has 2 aliphatic heterocycles. The fraction of sp³-hybridized carbons (Fsp3) is 0.333. The van der Waals surface area contributed by atoms with E-state index in [4.69, 9.17) is 15.2 Å². The Hall–Kier alpha value is -5.04. The largest absolute Gasteiger partial charge is 0.494 e. The summed E-state index contributed by atoms with van der Waals surface area (Å²) in [7, 11) is 0. The van der Waals surface area contributed by atoms with Crippen LogP contribution in [0.4, 0.5) is 11.6 Å². The lowest BCUT2D eigenvalue weighted by atomic mass is 9.78. The number of carbonyl (C=O) groups excluding carboxylic acids is 2.